The Morgan fingerprint density at radius 3 is 2.81 bits per heavy atom. The second-order valence-electron chi connectivity index (χ2n) is 7.52. The second kappa shape index (κ2) is 9.74. The highest BCUT2D eigenvalue weighted by Crippen LogP contribution is 2.41. The van der Waals surface area contributed by atoms with Crippen LogP contribution in [0.15, 0.2) is 29.3 Å². The van der Waals surface area contributed by atoms with Crippen molar-refractivity contribution in [3.8, 4) is 0 Å². The molecule has 1 aromatic heterocycles. The molecule has 0 amide bonds. The van der Waals surface area contributed by atoms with Gasteiger partial charge in [0.25, 0.3) is 0 Å². The van der Waals surface area contributed by atoms with Crippen molar-refractivity contribution in [3.63, 3.8) is 0 Å². The van der Waals surface area contributed by atoms with Crippen LogP contribution in [0.25, 0.3) is 11.0 Å². The van der Waals surface area contributed by atoms with Crippen LogP contribution < -0.4 is 10.6 Å². The summed E-state index contributed by atoms with van der Waals surface area (Å²) >= 11 is 0. The highest BCUT2D eigenvalue weighted by atomic mass is 16.5. The predicted molar refractivity (Wildman–Crippen MR) is 111 cm³/mol. The van der Waals surface area contributed by atoms with Gasteiger partial charge in [-0.1, -0.05) is 25.0 Å². The molecule has 1 aliphatic rings. The quantitative estimate of drug-likeness (QED) is 0.467. The Hall–Kier alpha value is -2.08. The number of hydrogen-bond donors (Lipinski definition) is 3. The molecule has 0 aliphatic heterocycles. The summed E-state index contributed by atoms with van der Waals surface area (Å²) < 4.78 is 5.33. The van der Waals surface area contributed by atoms with E-state index < -0.39 is 0 Å². The second-order valence-corrected chi connectivity index (χ2v) is 7.52. The van der Waals surface area contributed by atoms with Crippen LogP contribution >= 0.6 is 0 Å². The molecule has 0 spiro atoms. The van der Waals surface area contributed by atoms with Crippen molar-refractivity contribution in [2.24, 2.45) is 10.4 Å². The first kappa shape index (κ1) is 19.7. The third-order valence-electron chi connectivity index (χ3n) is 5.51. The summed E-state index contributed by atoms with van der Waals surface area (Å²) in [7, 11) is 1.79. The van der Waals surface area contributed by atoms with Gasteiger partial charge >= 0.3 is 0 Å². The number of ether oxygens (including phenoxy) is 1. The van der Waals surface area contributed by atoms with Gasteiger partial charge in [-0.15, -0.1) is 0 Å². The molecule has 6 nitrogen and oxygen atoms in total. The summed E-state index contributed by atoms with van der Waals surface area (Å²) in [6.07, 6.45) is 7.10. The zero-order chi connectivity index (χ0) is 19.0. The number of aliphatic imine (C=N–C) groups is 1. The Morgan fingerprint density at radius 2 is 2.07 bits per heavy atom. The van der Waals surface area contributed by atoms with Crippen LogP contribution in [0.5, 0.6) is 0 Å². The fourth-order valence-corrected chi connectivity index (χ4v) is 3.94. The van der Waals surface area contributed by atoms with E-state index in [1.54, 1.807) is 7.11 Å². The Bertz CT molecular complexity index is 700. The minimum absolute atomic E-state index is 0.317. The van der Waals surface area contributed by atoms with E-state index in [2.05, 4.69) is 33.6 Å². The van der Waals surface area contributed by atoms with Crippen molar-refractivity contribution in [1.29, 1.82) is 0 Å². The molecule has 1 aliphatic carbocycles. The van der Waals surface area contributed by atoms with Gasteiger partial charge in [-0.2, -0.15) is 0 Å². The molecule has 1 heterocycles. The van der Waals surface area contributed by atoms with Gasteiger partial charge in [0.1, 0.15) is 5.82 Å². The molecular weight excluding hydrogens is 338 g/mol. The Morgan fingerprint density at radius 1 is 1.26 bits per heavy atom. The molecule has 0 radical (unpaired) electrons. The van der Waals surface area contributed by atoms with Crippen LogP contribution in [-0.2, 0) is 11.2 Å². The van der Waals surface area contributed by atoms with E-state index in [1.165, 1.54) is 25.7 Å². The van der Waals surface area contributed by atoms with Gasteiger partial charge in [0.2, 0.25) is 0 Å². The lowest BCUT2D eigenvalue weighted by Crippen LogP contribution is -2.39. The Labute approximate surface area is 162 Å². The van der Waals surface area contributed by atoms with Crippen LogP contribution in [0.1, 0.15) is 44.9 Å². The Kier molecular flexibility index (Phi) is 7.10. The van der Waals surface area contributed by atoms with Gasteiger partial charge in [0.05, 0.1) is 11.0 Å². The summed E-state index contributed by atoms with van der Waals surface area (Å²) in [5, 5.41) is 6.83. The lowest BCUT2D eigenvalue weighted by atomic mass is 9.83. The number of fused-ring (bicyclic) bond motifs is 1. The van der Waals surface area contributed by atoms with E-state index in [4.69, 9.17) is 9.73 Å². The van der Waals surface area contributed by atoms with Crippen molar-refractivity contribution >= 4 is 17.0 Å². The maximum atomic E-state index is 5.33. The van der Waals surface area contributed by atoms with E-state index >= 15 is 0 Å². The fourth-order valence-electron chi connectivity index (χ4n) is 3.94. The number of methoxy groups -OCH3 is 1. The first-order chi connectivity index (χ1) is 13.2. The number of H-pyrrole nitrogens is 1. The molecule has 0 saturated heterocycles. The molecule has 1 saturated carbocycles. The van der Waals surface area contributed by atoms with Crippen molar-refractivity contribution < 1.29 is 4.74 Å². The van der Waals surface area contributed by atoms with Gasteiger partial charge in [0.15, 0.2) is 5.96 Å². The number of hydrogen-bond acceptors (Lipinski definition) is 3. The van der Waals surface area contributed by atoms with Gasteiger partial charge in [0, 0.05) is 39.8 Å². The minimum atomic E-state index is 0.317. The van der Waals surface area contributed by atoms with Gasteiger partial charge in [-0.25, -0.2) is 4.98 Å². The normalized spacial score (nSPS) is 16.7. The zero-order valence-corrected chi connectivity index (χ0v) is 16.7. The molecule has 3 rings (SSSR count). The number of benzene rings is 1. The fraction of sp³-hybridized carbons (Fsp3) is 0.619. The third-order valence-corrected chi connectivity index (χ3v) is 5.51. The molecule has 1 fully saturated rings. The Balaban J connectivity index is 1.55. The van der Waals surface area contributed by atoms with Crippen LogP contribution in [0, 0.1) is 5.41 Å². The van der Waals surface area contributed by atoms with Gasteiger partial charge in [-0.3, -0.25) is 4.99 Å². The average molecular weight is 372 g/mol. The molecule has 148 valence electrons. The van der Waals surface area contributed by atoms with Crippen LogP contribution in [0.4, 0.5) is 0 Å². The topological polar surface area (TPSA) is 74.3 Å². The molecule has 0 bridgehead atoms. The molecule has 3 N–H and O–H groups in total. The highest BCUT2D eigenvalue weighted by Gasteiger charge is 2.33. The molecular formula is C21H33N5O. The van der Waals surface area contributed by atoms with E-state index in [-0.39, 0.29) is 0 Å². The summed E-state index contributed by atoms with van der Waals surface area (Å²) in [5.41, 5.74) is 2.43. The maximum Gasteiger partial charge on any atom is 0.191 e. The first-order valence-electron chi connectivity index (χ1n) is 10.2. The zero-order valence-electron chi connectivity index (χ0n) is 16.7. The lowest BCUT2D eigenvalue weighted by Gasteiger charge is -2.27. The number of aromatic amines is 1. The van der Waals surface area contributed by atoms with Crippen molar-refractivity contribution in [2.75, 3.05) is 33.4 Å². The molecule has 1 aromatic carbocycles. The molecule has 2 aromatic rings. The standard InChI is InChI=1S/C21H33N5O/c1-3-22-20(24-16-21(13-15-27-2)11-6-7-12-21)23-14-10-19-25-17-8-4-5-9-18(17)26-19/h4-5,8-9H,3,6-7,10-16H2,1-2H3,(H,25,26)(H2,22,23,24). The molecule has 27 heavy (non-hydrogen) atoms. The smallest absolute Gasteiger partial charge is 0.191 e. The third kappa shape index (κ3) is 5.45. The predicted octanol–water partition coefficient (Wildman–Crippen LogP) is 3.26. The number of para-hydroxylation sites is 2. The van der Waals surface area contributed by atoms with Gasteiger partial charge in [-0.05, 0) is 43.7 Å². The van der Waals surface area contributed by atoms with Crippen molar-refractivity contribution in [1.82, 2.24) is 20.6 Å². The largest absolute Gasteiger partial charge is 0.385 e. The van der Waals surface area contributed by atoms with Gasteiger partial charge < -0.3 is 20.4 Å². The number of nitrogens with zero attached hydrogens (tertiary/aromatic N) is 2. The maximum absolute atomic E-state index is 5.33. The molecule has 0 atom stereocenters. The summed E-state index contributed by atoms with van der Waals surface area (Å²) in [4.78, 5) is 12.9. The summed E-state index contributed by atoms with van der Waals surface area (Å²) in [6.45, 7) is 5.47. The van der Waals surface area contributed by atoms with E-state index in [9.17, 15) is 0 Å². The van der Waals surface area contributed by atoms with Crippen molar-refractivity contribution in [2.45, 2.75) is 45.4 Å². The van der Waals surface area contributed by atoms with E-state index in [0.29, 0.717) is 5.41 Å². The number of rotatable bonds is 9. The van der Waals surface area contributed by atoms with E-state index in [0.717, 1.165) is 61.9 Å². The number of imidazole rings is 1. The van der Waals surface area contributed by atoms with Crippen LogP contribution in [0.2, 0.25) is 0 Å². The summed E-state index contributed by atoms with van der Waals surface area (Å²) in [5.74, 6) is 1.91. The molecule has 0 unspecified atom stereocenters. The van der Waals surface area contributed by atoms with E-state index in [1.807, 2.05) is 18.2 Å². The molecule has 6 heteroatoms. The number of nitrogens with one attached hydrogen (secondary N) is 3. The minimum Gasteiger partial charge on any atom is -0.385 e. The summed E-state index contributed by atoms with van der Waals surface area (Å²) in [6, 6.07) is 8.14. The van der Waals surface area contributed by atoms with Crippen LogP contribution in [-0.4, -0.2) is 49.3 Å². The monoisotopic (exact) mass is 371 g/mol. The SMILES string of the molecule is CCNC(=NCC1(CCOC)CCCC1)NCCc1nc2ccccc2[nH]1. The lowest BCUT2D eigenvalue weighted by molar-refractivity contribution is 0.141. The average Bonchev–Trinajstić information content (AvgIpc) is 3.31. The first-order valence-corrected chi connectivity index (χ1v) is 10.2. The number of guanidine groups is 1. The number of aromatic nitrogens is 2. The van der Waals surface area contributed by atoms with Crippen LogP contribution in [0.3, 0.4) is 0 Å². The van der Waals surface area contributed by atoms with Crippen molar-refractivity contribution in [3.05, 3.63) is 30.1 Å². The highest BCUT2D eigenvalue weighted by molar-refractivity contribution is 5.79.